The van der Waals surface area contributed by atoms with Crippen LogP contribution in [0.15, 0.2) is 16.6 Å². The molecule has 0 aliphatic carbocycles. The molecule has 2 nitrogen and oxygen atoms in total. The summed E-state index contributed by atoms with van der Waals surface area (Å²) < 4.78 is 6.00. The molecule has 1 aromatic rings. The molecule has 0 aliphatic heterocycles. The molecule has 0 aromatic heterocycles. The molecule has 0 radical (unpaired) electrons. The zero-order valence-corrected chi connectivity index (χ0v) is 11.4. The van der Waals surface area contributed by atoms with E-state index in [1.165, 1.54) is 0 Å². The SMILES string of the molecule is COCc1c(Cl)cc(C(C)(C)N)cc1Br. The third-order valence-corrected chi connectivity index (χ3v) is 3.22. The summed E-state index contributed by atoms with van der Waals surface area (Å²) in [7, 11) is 1.64. The minimum Gasteiger partial charge on any atom is -0.380 e. The number of ether oxygens (including phenoxy) is 1. The summed E-state index contributed by atoms with van der Waals surface area (Å²) in [5.74, 6) is 0. The van der Waals surface area contributed by atoms with Gasteiger partial charge in [0.15, 0.2) is 0 Å². The highest BCUT2D eigenvalue weighted by atomic mass is 79.9. The molecular formula is C11H15BrClNO. The number of benzene rings is 1. The van der Waals surface area contributed by atoms with Crippen LogP contribution in [0.4, 0.5) is 0 Å². The van der Waals surface area contributed by atoms with Crippen LogP contribution in [-0.4, -0.2) is 7.11 Å². The summed E-state index contributed by atoms with van der Waals surface area (Å²) in [6.45, 7) is 4.38. The van der Waals surface area contributed by atoms with Gasteiger partial charge in [-0.15, -0.1) is 0 Å². The lowest BCUT2D eigenvalue weighted by atomic mass is 9.95. The van der Waals surface area contributed by atoms with Crippen molar-refractivity contribution in [2.24, 2.45) is 5.73 Å². The van der Waals surface area contributed by atoms with Crippen LogP contribution in [-0.2, 0) is 16.9 Å². The second-order valence-corrected chi connectivity index (χ2v) is 5.33. The van der Waals surface area contributed by atoms with Crippen LogP contribution < -0.4 is 5.73 Å². The normalized spacial score (nSPS) is 11.9. The van der Waals surface area contributed by atoms with Crippen molar-refractivity contribution >= 4 is 27.5 Å². The summed E-state index contributed by atoms with van der Waals surface area (Å²) in [6, 6.07) is 3.88. The Balaban J connectivity index is 3.19. The van der Waals surface area contributed by atoms with Gasteiger partial charge in [-0.1, -0.05) is 27.5 Å². The summed E-state index contributed by atoms with van der Waals surface area (Å²) in [5, 5.41) is 0.680. The summed E-state index contributed by atoms with van der Waals surface area (Å²) in [6.07, 6.45) is 0. The Morgan fingerprint density at radius 1 is 1.47 bits per heavy atom. The monoisotopic (exact) mass is 291 g/mol. The van der Waals surface area contributed by atoms with E-state index in [1.807, 2.05) is 26.0 Å². The van der Waals surface area contributed by atoms with Gasteiger partial charge in [0.1, 0.15) is 0 Å². The van der Waals surface area contributed by atoms with Crippen LogP contribution in [0.5, 0.6) is 0 Å². The van der Waals surface area contributed by atoms with E-state index < -0.39 is 5.54 Å². The van der Waals surface area contributed by atoms with Crippen molar-refractivity contribution in [3.63, 3.8) is 0 Å². The zero-order valence-electron chi connectivity index (χ0n) is 9.10. The quantitative estimate of drug-likeness (QED) is 0.926. The second-order valence-electron chi connectivity index (χ2n) is 4.07. The molecule has 0 fully saturated rings. The lowest BCUT2D eigenvalue weighted by molar-refractivity contribution is 0.184. The van der Waals surface area contributed by atoms with Crippen molar-refractivity contribution in [1.29, 1.82) is 0 Å². The Morgan fingerprint density at radius 2 is 2.07 bits per heavy atom. The molecule has 0 saturated carbocycles. The highest BCUT2D eigenvalue weighted by Gasteiger charge is 2.17. The van der Waals surface area contributed by atoms with E-state index in [0.29, 0.717) is 11.6 Å². The van der Waals surface area contributed by atoms with Crippen molar-refractivity contribution in [2.75, 3.05) is 7.11 Å². The van der Waals surface area contributed by atoms with Crippen molar-refractivity contribution in [1.82, 2.24) is 0 Å². The Hall–Kier alpha value is -0.0900. The average molecular weight is 293 g/mol. The van der Waals surface area contributed by atoms with Gasteiger partial charge in [0, 0.05) is 27.7 Å². The average Bonchev–Trinajstić information content (AvgIpc) is 2.09. The molecule has 1 aromatic carbocycles. The first-order valence-corrected chi connectivity index (χ1v) is 5.79. The number of methoxy groups -OCH3 is 1. The first-order valence-electron chi connectivity index (χ1n) is 4.62. The largest absolute Gasteiger partial charge is 0.380 e. The molecule has 0 aliphatic rings. The molecule has 84 valence electrons. The Bertz CT molecular complexity index is 337. The van der Waals surface area contributed by atoms with Crippen LogP contribution in [0.25, 0.3) is 0 Å². The van der Waals surface area contributed by atoms with Crippen LogP contribution in [0.3, 0.4) is 0 Å². The maximum atomic E-state index is 6.15. The van der Waals surface area contributed by atoms with Gasteiger partial charge >= 0.3 is 0 Å². The van der Waals surface area contributed by atoms with Crippen molar-refractivity contribution < 1.29 is 4.74 Å². The number of nitrogens with two attached hydrogens (primary N) is 1. The highest BCUT2D eigenvalue weighted by molar-refractivity contribution is 9.10. The van der Waals surface area contributed by atoms with Crippen LogP contribution >= 0.6 is 27.5 Å². The molecule has 0 atom stereocenters. The third-order valence-electron chi connectivity index (χ3n) is 2.17. The van der Waals surface area contributed by atoms with Crippen molar-refractivity contribution in [3.05, 3.63) is 32.8 Å². The minimum atomic E-state index is -0.391. The van der Waals surface area contributed by atoms with Gasteiger partial charge in [-0.05, 0) is 31.5 Å². The number of hydrogen-bond acceptors (Lipinski definition) is 2. The molecule has 15 heavy (non-hydrogen) atoms. The lowest BCUT2D eigenvalue weighted by Gasteiger charge is -2.21. The van der Waals surface area contributed by atoms with E-state index in [4.69, 9.17) is 22.1 Å². The van der Waals surface area contributed by atoms with Crippen LogP contribution in [0, 0.1) is 0 Å². The van der Waals surface area contributed by atoms with Crippen molar-refractivity contribution in [2.45, 2.75) is 26.0 Å². The minimum absolute atomic E-state index is 0.391. The fourth-order valence-corrected chi connectivity index (χ4v) is 2.22. The van der Waals surface area contributed by atoms with Crippen molar-refractivity contribution in [3.8, 4) is 0 Å². The molecule has 0 spiro atoms. The fourth-order valence-electron chi connectivity index (χ4n) is 1.26. The molecule has 0 unspecified atom stereocenters. The van der Waals surface area contributed by atoms with Gasteiger partial charge in [0.05, 0.1) is 6.61 Å². The van der Waals surface area contributed by atoms with Crippen LogP contribution in [0.2, 0.25) is 5.02 Å². The number of halogens is 2. The highest BCUT2D eigenvalue weighted by Crippen LogP contribution is 2.31. The maximum Gasteiger partial charge on any atom is 0.0738 e. The number of hydrogen-bond donors (Lipinski definition) is 1. The predicted molar refractivity (Wildman–Crippen MR) is 67.1 cm³/mol. The van der Waals surface area contributed by atoms with E-state index in [9.17, 15) is 0 Å². The summed E-state index contributed by atoms with van der Waals surface area (Å²) >= 11 is 9.63. The molecule has 1 rings (SSSR count). The lowest BCUT2D eigenvalue weighted by Crippen LogP contribution is -2.28. The van der Waals surface area contributed by atoms with Gasteiger partial charge in [0.2, 0.25) is 0 Å². The number of rotatable bonds is 3. The predicted octanol–water partition coefficient (Wildman–Crippen LogP) is 3.44. The molecule has 0 bridgehead atoms. The molecule has 0 saturated heterocycles. The third kappa shape index (κ3) is 3.18. The topological polar surface area (TPSA) is 35.2 Å². The smallest absolute Gasteiger partial charge is 0.0738 e. The van der Waals surface area contributed by atoms with Gasteiger partial charge in [0.25, 0.3) is 0 Å². The molecule has 4 heteroatoms. The Kier molecular flexibility index (Phi) is 4.18. The summed E-state index contributed by atoms with van der Waals surface area (Å²) in [5.41, 5.74) is 7.57. The molecule has 2 N–H and O–H groups in total. The van der Waals surface area contributed by atoms with E-state index >= 15 is 0 Å². The standard InChI is InChI=1S/C11H15BrClNO/c1-11(2,14)7-4-9(12)8(6-15-3)10(13)5-7/h4-5H,6,14H2,1-3H3. The first-order chi connectivity index (χ1) is 6.86. The zero-order chi connectivity index (χ0) is 11.6. The van der Waals surface area contributed by atoms with Gasteiger partial charge < -0.3 is 10.5 Å². The van der Waals surface area contributed by atoms with Gasteiger partial charge in [-0.2, -0.15) is 0 Å². The fraction of sp³-hybridized carbons (Fsp3) is 0.455. The van der Waals surface area contributed by atoms with E-state index in [1.54, 1.807) is 7.11 Å². The van der Waals surface area contributed by atoms with E-state index in [2.05, 4.69) is 15.9 Å². The first kappa shape index (κ1) is 13.0. The summed E-state index contributed by atoms with van der Waals surface area (Å²) in [4.78, 5) is 0. The van der Waals surface area contributed by atoms with E-state index in [0.717, 1.165) is 15.6 Å². The second kappa shape index (κ2) is 4.83. The molecule has 0 heterocycles. The van der Waals surface area contributed by atoms with Gasteiger partial charge in [-0.3, -0.25) is 0 Å². The van der Waals surface area contributed by atoms with E-state index in [-0.39, 0.29) is 0 Å². The Labute approximate surface area is 104 Å². The van der Waals surface area contributed by atoms with Crippen LogP contribution in [0.1, 0.15) is 25.0 Å². The maximum absolute atomic E-state index is 6.15. The van der Waals surface area contributed by atoms with Gasteiger partial charge in [-0.25, -0.2) is 0 Å². The molecular weight excluding hydrogens is 277 g/mol. The molecule has 0 amide bonds. The Morgan fingerprint density at radius 3 is 2.47 bits per heavy atom.